The standard InChI is InChI=1S/C16H10F2N4O/c17-15(18)16-21-20-12-7-6-11(8-22(12)16)14-13(19-9-23-14)10-4-2-1-3-5-10/h1-9,15H. The zero-order valence-electron chi connectivity index (χ0n) is 11.7. The fraction of sp³-hybridized carbons (Fsp3) is 0.0625. The molecule has 0 saturated carbocycles. The van der Waals surface area contributed by atoms with Crippen LogP contribution in [0.3, 0.4) is 0 Å². The second kappa shape index (κ2) is 5.28. The molecule has 23 heavy (non-hydrogen) atoms. The Hall–Kier alpha value is -3.09. The van der Waals surface area contributed by atoms with Gasteiger partial charge in [-0.2, -0.15) is 0 Å². The van der Waals surface area contributed by atoms with Crippen LogP contribution >= 0.6 is 0 Å². The molecule has 0 aliphatic heterocycles. The summed E-state index contributed by atoms with van der Waals surface area (Å²) in [5, 5.41) is 7.24. The molecule has 3 heterocycles. The molecular weight excluding hydrogens is 302 g/mol. The van der Waals surface area contributed by atoms with Gasteiger partial charge in [0.1, 0.15) is 5.69 Å². The van der Waals surface area contributed by atoms with Crippen LogP contribution in [0.2, 0.25) is 0 Å². The number of benzene rings is 1. The highest BCUT2D eigenvalue weighted by Gasteiger charge is 2.18. The summed E-state index contributed by atoms with van der Waals surface area (Å²) in [6.07, 6.45) is 0.162. The summed E-state index contributed by atoms with van der Waals surface area (Å²) in [6, 6.07) is 12.9. The second-order valence-electron chi connectivity index (χ2n) is 4.90. The van der Waals surface area contributed by atoms with Gasteiger partial charge in [0, 0.05) is 17.3 Å². The molecule has 7 heteroatoms. The van der Waals surface area contributed by atoms with Crippen molar-refractivity contribution >= 4 is 5.65 Å². The smallest absolute Gasteiger partial charge is 0.297 e. The maximum atomic E-state index is 13.0. The topological polar surface area (TPSA) is 56.2 Å². The Kier molecular flexibility index (Phi) is 3.11. The first kappa shape index (κ1) is 13.6. The predicted octanol–water partition coefficient (Wildman–Crippen LogP) is 3.99. The minimum absolute atomic E-state index is 0.352. The van der Waals surface area contributed by atoms with E-state index in [2.05, 4.69) is 15.2 Å². The zero-order chi connectivity index (χ0) is 15.8. The molecule has 0 atom stereocenters. The Morgan fingerprint density at radius 2 is 1.78 bits per heavy atom. The van der Waals surface area contributed by atoms with E-state index < -0.39 is 12.2 Å². The van der Waals surface area contributed by atoms with E-state index in [1.54, 1.807) is 12.1 Å². The molecule has 0 saturated heterocycles. The van der Waals surface area contributed by atoms with Crippen molar-refractivity contribution < 1.29 is 13.2 Å². The SMILES string of the molecule is FC(F)c1nnc2ccc(-c3ocnc3-c3ccccc3)cn12. The normalized spacial score (nSPS) is 11.4. The average Bonchev–Trinajstić information content (AvgIpc) is 3.22. The molecule has 1 aromatic carbocycles. The highest BCUT2D eigenvalue weighted by molar-refractivity contribution is 5.76. The van der Waals surface area contributed by atoms with Crippen LogP contribution in [-0.4, -0.2) is 19.6 Å². The Morgan fingerprint density at radius 3 is 2.57 bits per heavy atom. The molecular formula is C16H10F2N4O. The molecule has 0 spiro atoms. The lowest BCUT2D eigenvalue weighted by Crippen LogP contribution is -1.95. The van der Waals surface area contributed by atoms with Gasteiger partial charge >= 0.3 is 0 Å². The summed E-state index contributed by atoms with van der Waals surface area (Å²) in [4.78, 5) is 4.23. The van der Waals surface area contributed by atoms with Gasteiger partial charge in [0.15, 0.2) is 17.8 Å². The van der Waals surface area contributed by atoms with E-state index >= 15 is 0 Å². The number of hydrogen-bond donors (Lipinski definition) is 0. The molecule has 0 aliphatic rings. The molecule has 4 aromatic rings. The molecule has 0 N–H and O–H groups in total. The Morgan fingerprint density at radius 1 is 0.957 bits per heavy atom. The summed E-state index contributed by atoms with van der Waals surface area (Å²) in [7, 11) is 0. The fourth-order valence-corrected chi connectivity index (χ4v) is 2.44. The fourth-order valence-electron chi connectivity index (χ4n) is 2.44. The van der Waals surface area contributed by atoms with Crippen LogP contribution < -0.4 is 0 Å². The molecule has 0 bridgehead atoms. The maximum absolute atomic E-state index is 13.0. The number of halogens is 2. The van der Waals surface area contributed by atoms with Crippen LogP contribution in [0.5, 0.6) is 0 Å². The predicted molar refractivity (Wildman–Crippen MR) is 78.9 cm³/mol. The molecule has 5 nitrogen and oxygen atoms in total. The van der Waals surface area contributed by atoms with Crippen LogP contribution in [0.4, 0.5) is 8.78 Å². The monoisotopic (exact) mass is 312 g/mol. The molecule has 4 rings (SSSR count). The van der Waals surface area contributed by atoms with Gasteiger partial charge in [0.2, 0.25) is 5.82 Å². The van der Waals surface area contributed by atoms with E-state index in [9.17, 15) is 8.78 Å². The average molecular weight is 312 g/mol. The Bertz CT molecular complexity index is 963. The summed E-state index contributed by atoms with van der Waals surface area (Å²) >= 11 is 0. The van der Waals surface area contributed by atoms with E-state index in [0.29, 0.717) is 22.7 Å². The molecule has 3 aromatic heterocycles. The molecule has 114 valence electrons. The van der Waals surface area contributed by atoms with Crippen molar-refractivity contribution in [1.82, 2.24) is 19.6 Å². The summed E-state index contributed by atoms with van der Waals surface area (Å²) in [6.45, 7) is 0. The minimum Gasteiger partial charge on any atom is -0.443 e. The number of pyridine rings is 1. The quantitative estimate of drug-likeness (QED) is 0.574. The molecule has 0 amide bonds. The van der Waals surface area contributed by atoms with Gasteiger partial charge in [-0.05, 0) is 12.1 Å². The molecule has 0 fully saturated rings. The third-order valence-electron chi connectivity index (χ3n) is 3.50. The van der Waals surface area contributed by atoms with Crippen LogP contribution in [0, 0.1) is 0 Å². The zero-order valence-corrected chi connectivity index (χ0v) is 11.7. The molecule has 0 aliphatic carbocycles. The second-order valence-corrected chi connectivity index (χ2v) is 4.90. The lowest BCUT2D eigenvalue weighted by molar-refractivity contribution is 0.139. The largest absolute Gasteiger partial charge is 0.443 e. The Labute approximate surface area is 129 Å². The summed E-state index contributed by atoms with van der Waals surface area (Å²) in [5.74, 6) is 0.106. The van der Waals surface area contributed by atoms with Gasteiger partial charge in [-0.3, -0.25) is 4.40 Å². The number of fused-ring (bicyclic) bond motifs is 1. The van der Waals surface area contributed by atoms with Crippen molar-refractivity contribution in [3.05, 3.63) is 60.9 Å². The van der Waals surface area contributed by atoms with Gasteiger partial charge in [0.05, 0.1) is 0 Å². The summed E-state index contributed by atoms with van der Waals surface area (Å²) < 4.78 is 32.7. The van der Waals surface area contributed by atoms with E-state index in [1.165, 1.54) is 17.0 Å². The first-order valence-electron chi connectivity index (χ1n) is 6.86. The molecule has 0 radical (unpaired) electrons. The number of rotatable bonds is 3. The van der Waals surface area contributed by atoms with Crippen molar-refractivity contribution in [2.24, 2.45) is 0 Å². The lowest BCUT2D eigenvalue weighted by atomic mass is 10.1. The number of hydrogen-bond acceptors (Lipinski definition) is 4. The van der Waals surface area contributed by atoms with E-state index in [4.69, 9.17) is 4.42 Å². The third kappa shape index (κ3) is 2.26. The van der Waals surface area contributed by atoms with E-state index in [0.717, 1.165) is 5.56 Å². The number of oxazole rings is 1. The van der Waals surface area contributed by atoms with Crippen LogP contribution in [-0.2, 0) is 0 Å². The van der Waals surface area contributed by atoms with E-state index in [1.807, 2.05) is 30.3 Å². The first-order valence-corrected chi connectivity index (χ1v) is 6.86. The van der Waals surface area contributed by atoms with Crippen molar-refractivity contribution in [3.63, 3.8) is 0 Å². The minimum atomic E-state index is -2.71. The van der Waals surface area contributed by atoms with Crippen molar-refractivity contribution in [2.75, 3.05) is 0 Å². The van der Waals surface area contributed by atoms with Crippen molar-refractivity contribution in [3.8, 4) is 22.6 Å². The molecule has 0 unspecified atom stereocenters. The first-order chi connectivity index (χ1) is 11.2. The van der Waals surface area contributed by atoms with Gasteiger partial charge in [-0.25, -0.2) is 13.8 Å². The van der Waals surface area contributed by atoms with Crippen LogP contribution in [0.15, 0.2) is 59.5 Å². The maximum Gasteiger partial charge on any atom is 0.297 e. The Balaban J connectivity index is 1.87. The van der Waals surface area contributed by atoms with Gasteiger partial charge in [0.25, 0.3) is 6.43 Å². The third-order valence-corrected chi connectivity index (χ3v) is 3.50. The van der Waals surface area contributed by atoms with E-state index in [-0.39, 0.29) is 0 Å². The van der Waals surface area contributed by atoms with Crippen molar-refractivity contribution in [2.45, 2.75) is 6.43 Å². The number of alkyl halides is 2. The van der Waals surface area contributed by atoms with Gasteiger partial charge in [-0.1, -0.05) is 30.3 Å². The highest BCUT2D eigenvalue weighted by Crippen LogP contribution is 2.31. The number of aromatic nitrogens is 4. The van der Waals surface area contributed by atoms with Crippen LogP contribution in [0.1, 0.15) is 12.2 Å². The lowest BCUT2D eigenvalue weighted by Gasteiger charge is -2.04. The highest BCUT2D eigenvalue weighted by atomic mass is 19.3. The van der Waals surface area contributed by atoms with Crippen molar-refractivity contribution in [1.29, 1.82) is 0 Å². The van der Waals surface area contributed by atoms with Gasteiger partial charge < -0.3 is 4.42 Å². The van der Waals surface area contributed by atoms with Crippen LogP contribution in [0.25, 0.3) is 28.2 Å². The van der Waals surface area contributed by atoms with Gasteiger partial charge in [-0.15, -0.1) is 10.2 Å². The summed E-state index contributed by atoms with van der Waals surface area (Å²) in [5.41, 5.74) is 2.51. The number of nitrogens with zero attached hydrogens (tertiary/aromatic N) is 4.